The zero-order valence-corrected chi connectivity index (χ0v) is 12.7. The van der Waals surface area contributed by atoms with Crippen LogP contribution in [-0.4, -0.2) is 35.7 Å². The first kappa shape index (κ1) is 16.7. The Hall–Kier alpha value is -1.66. The van der Waals surface area contributed by atoms with E-state index in [0.29, 0.717) is 26.1 Å². The van der Waals surface area contributed by atoms with Crippen LogP contribution in [0.1, 0.15) is 24.8 Å². The maximum Gasteiger partial charge on any atom is 0.305 e. The molecule has 0 spiro atoms. The van der Waals surface area contributed by atoms with Gasteiger partial charge in [-0.05, 0) is 25.0 Å². The highest BCUT2D eigenvalue weighted by Gasteiger charge is 2.36. The Morgan fingerprint density at radius 1 is 1.36 bits per heavy atom. The number of benzene rings is 1. The highest BCUT2D eigenvalue weighted by molar-refractivity contribution is 6.31. The van der Waals surface area contributed by atoms with Gasteiger partial charge in [-0.15, -0.1) is 0 Å². The van der Waals surface area contributed by atoms with Gasteiger partial charge in [0.05, 0.1) is 18.4 Å². The van der Waals surface area contributed by atoms with E-state index in [0.717, 1.165) is 0 Å². The first-order valence-electron chi connectivity index (χ1n) is 6.95. The normalized spacial score (nSPS) is 17.0. The number of hydrogen-bond acceptors (Lipinski definition) is 3. The predicted molar refractivity (Wildman–Crippen MR) is 78.3 cm³/mol. The quantitative estimate of drug-likeness (QED) is 0.868. The van der Waals surface area contributed by atoms with Crippen LogP contribution < -0.4 is 5.32 Å². The molecule has 120 valence electrons. The second kappa shape index (κ2) is 7.07. The topological polar surface area (TPSA) is 75.6 Å². The minimum atomic E-state index is -0.994. The minimum Gasteiger partial charge on any atom is -0.481 e. The summed E-state index contributed by atoms with van der Waals surface area (Å²) in [5.41, 5.74) is -0.738. The Morgan fingerprint density at radius 3 is 2.64 bits per heavy atom. The first-order chi connectivity index (χ1) is 10.4. The number of nitrogens with one attached hydrogen (secondary N) is 1. The molecule has 0 unspecified atom stereocenters. The molecule has 0 aromatic heterocycles. The van der Waals surface area contributed by atoms with E-state index in [9.17, 15) is 14.0 Å². The lowest BCUT2D eigenvalue weighted by atomic mass is 9.86. The number of carboxylic acids is 1. The third kappa shape index (κ3) is 4.18. The summed E-state index contributed by atoms with van der Waals surface area (Å²) >= 11 is 5.90. The molecule has 0 bridgehead atoms. The van der Waals surface area contributed by atoms with Gasteiger partial charge in [0.25, 0.3) is 0 Å². The Morgan fingerprint density at radius 2 is 2.05 bits per heavy atom. The van der Waals surface area contributed by atoms with E-state index in [4.69, 9.17) is 21.4 Å². The number of carbonyl (C=O) groups is 2. The molecule has 2 N–H and O–H groups in total. The van der Waals surface area contributed by atoms with Gasteiger partial charge < -0.3 is 15.2 Å². The number of hydrogen-bond donors (Lipinski definition) is 2. The van der Waals surface area contributed by atoms with Crippen molar-refractivity contribution in [3.63, 3.8) is 0 Å². The molecule has 2 rings (SSSR count). The number of carboxylic acid groups (broad SMARTS) is 1. The number of halogens is 2. The zero-order chi connectivity index (χ0) is 16.2. The molecule has 1 amide bonds. The maximum atomic E-state index is 13.7. The third-order valence-electron chi connectivity index (χ3n) is 3.74. The first-order valence-corrected chi connectivity index (χ1v) is 7.33. The van der Waals surface area contributed by atoms with Crippen LogP contribution in [0.3, 0.4) is 0 Å². The molecule has 1 saturated heterocycles. The van der Waals surface area contributed by atoms with Gasteiger partial charge in [0.1, 0.15) is 5.82 Å². The maximum absolute atomic E-state index is 13.7. The van der Waals surface area contributed by atoms with Crippen molar-refractivity contribution in [2.24, 2.45) is 0 Å². The van der Waals surface area contributed by atoms with Crippen molar-refractivity contribution in [3.8, 4) is 0 Å². The van der Waals surface area contributed by atoms with E-state index in [1.54, 1.807) is 0 Å². The summed E-state index contributed by atoms with van der Waals surface area (Å²) in [6, 6.07) is 4.20. The smallest absolute Gasteiger partial charge is 0.305 e. The molecule has 1 aromatic rings. The fourth-order valence-corrected chi connectivity index (χ4v) is 2.83. The highest BCUT2D eigenvalue weighted by atomic mass is 35.5. The number of ether oxygens (including phenoxy) is 1. The van der Waals surface area contributed by atoms with Crippen LogP contribution in [0.25, 0.3) is 0 Å². The number of aliphatic carboxylic acids is 1. The second-order valence-corrected chi connectivity index (χ2v) is 5.80. The summed E-state index contributed by atoms with van der Waals surface area (Å²) < 4.78 is 18.9. The van der Waals surface area contributed by atoms with Crippen molar-refractivity contribution in [3.05, 3.63) is 34.6 Å². The number of rotatable bonds is 5. The summed E-state index contributed by atoms with van der Waals surface area (Å²) in [6.45, 7) is 0.766. The molecule has 1 aromatic carbocycles. The average molecular weight is 330 g/mol. The van der Waals surface area contributed by atoms with E-state index in [1.807, 2.05) is 0 Å². The van der Waals surface area contributed by atoms with Gasteiger partial charge in [-0.25, -0.2) is 4.39 Å². The second-order valence-electron chi connectivity index (χ2n) is 5.39. The molecular formula is C15H17ClFNO4. The Balaban J connectivity index is 2.09. The highest BCUT2D eigenvalue weighted by Crippen LogP contribution is 2.26. The van der Waals surface area contributed by atoms with Gasteiger partial charge in [-0.3, -0.25) is 9.59 Å². The lowest BCUT2D eigenvalue weighted by Gasteiger charge is -2.36. The predicted octanol–water partition coefficient (Wildman–Crippen LogP) is 2.16. The van der Waals surface area contributed by atoms with Crippen LogP contribution >= 0.6 is 11.6 Å². The molecule has 7 heteroatoms. The van der Waals surface area contributed by atoms with E-state index in [2.05, 4.69) is 5.32 Å². The fraction of sp³-hybridized carbons (Fsp3) is 0.467. The lowest BCUT2D eigenvalue weighted by Crippen LogP contribution is -2.53. The van der Waals surface area contributed by atoms with E-state index >= 15 is 0 Å². The molecule has 0 saturated carbocycles. The standard InChI is InChI=1S/C15H17ClFNO4/c16-11-2-1-3-12(17)10(11)8-13(19)18-15(9-14(20)21)4-6-22-7-5-15/h1-3H,4-9H2,(H,18,19)(H,20,21). The summed E-state index contributed by atoms with van der Waals surface area (Å²) in [6.07, 6.45) is 0.410. The molecule has 5 nitrogen and oxygen atoms in total. The molecule has 1 heterocycles. The van der Waals surface area contributed by atoms with Crippen molar-refractivity contribution in [1.29, 1.82) is 0 Å². The Bertz CT molecular complexity index is 552. The SMILES string of the molecule is O=C(O)CC1(NC(=O)Cc2c(F)cccc2Cl)CCOCC1. The summed E-state index contributed by atoms with van der Waals surface area (Å²) in [5.74, 6) is -2.00. The molecule has 0 atom stereocenters. The number of carbonyl (C=O) groups excluding carboxylic acids is 1. The van der Waals surface area contributed by atoms with Crippen LogP contribution in [0.4, 0.5) is 4.39 Å². The molecular weight excluding hydrogens is 313 g/mol. The lowest BCUT2D eigenvalue weighted by molar-refractivity contribution is -0.140. The average Bonchev–Trinajstić information content (AvgIpc) is 2.43. The monoisotopic (exact) mass is 329 g/mol. The molecule has 1 aliphatic heterocycles. The van der Waals surface area contributed by atoms with E-state index in [1.165, 1.54) is 18.2 Å². The molecule has 1 aliphatic rings. The Labute approximate surface area is 132 Å². The van der Waals surface area contributed by atoms with Crippen molar-refractivity contribution >= 4 is 23.5 Å². The van der Waals surface area contributed by atoms with Gasteiger partial charge in [-0.1, -0.05) is 17.7 Å². The molecule has 22 heavy (non-hydrogen) atoms. The van der Waals surface area contributed by atoms with Crippen molar-refractivity contribution in [2.45, 2.75) is 31.2 Å². The van der Waals surface area contributed by atoms with Crippen molar-refractivity contribution < 1.29 is 23.8 Å². The summed E-state index contributed by atoms with van der Waals surface area (Å²) in [5, 5.41) is 12.0. The van der Waals surface area contributed by atoms with Crippen molar-refractivity contribution in [1.82, 2.24) is 5.32 Å². The van der Waals surface area contributed by atoms with E-state index in [-0.39, 0.29) is 23.4 Å². The fourth-order valence-electron chi connectivity index (χ4n) is 2.60. The van der Waals surface area contributed by atoms with Crippen LogP contribution in [-0.2, 0) is 20.7 Å². The van der Waals surface area contributed by atoms with Crippen LogP contribution in [0.2, 0.25) is 5.02 Å². The van der Waals surface area contributed by atoms with Gasteiger partial charge in [0.15, 0.2) is 0 Å². The minimum absolute atomic E-state index is 0.110. The van der Waals surface area contributed by atoms with Crippen molar-refractivity contribution in [2.75, 3.05) is 13.2 Å². The summed E-state index contributed by atoms with van der Waals surface area (Å²) in [4.78, 5) is 23.2. The van der Waals surface area contributed by atoms with Gasteiger partial charge >= 0.3 is 5.97 Å². The van der Waals surface area contributed by atoms with Gasteiger partial charge in [0, 0.05) is 23.8 Å². The largest absolute Gasteiger partial charge is 0.481 e. The zero-order valence-electron chi connectivity index (χ0n) is 11.9. The molecule has 0 aliphatic carbocycles. The Kier molecular flexibility index (Phi) is 5.37. The van der Waals surface area contributed by atoms with E-state index < -0.39 is 23.2 Å². The van der Waals surface area contributed by atoms with Crippen LogP contribution in [0, 0.1) is 5.82 Å². The number of amides is 1. The van der Waals surface area contributed by atoms with Crippen LogP contribution in [0.15, 0.2) is 18.2 Å². The van der Waals surface area contributed by atoms with Gasteiger partial charge in [0.2, 0.25) is 5.91 Å². The van der Waals surface area contributed by atoms with Gasteiger partial charge in [-0.2, -0.15) is 0 Å². The van der Waals surface area contributed by atoms with Crippen LogP contribution in [0.5, 0.6) is 0 Å². The molecule has 1 fully saturated rings. The summed E-state index contributed by atoms with van der Waals surface area (Å²) in [7, 11) is 0. The third-order valence-corrected chi connectivity index (χ3v) is 4.10. The molecule has 0 radical (unpaired) electrons.